The molecule has 0 unspecified atom stereocenters. The first-order valence-corrected chi connectivity index (χ1v) is 12.3. The van der Waals surface area contributed by atoms with Crippen LogP contribution < -0.4 is 10.6 Å². The van der Waals surface area contributed by atoms with E-state index in [2.05, 4.69) is 15.7 Å². The smallest absolute Gasteiger partial charge is 0.256 e. The lowest BCUT2D eigenvalue weighted by molar-refractivity contribution is 0.0949. The van der Waals surface area contributed by atoms with Crippen LogP contribution in [0, 0.1) is 13.8 Å². The quantitative estimate of drug-likeness (QED) is 0.387. The lowest BCUT2D eigenvalue weighted by atomic mass is 10.1. The molecule has 0 aliphatic heterocycles. The molecule has 4 aromatic rings. The van der Waals surface area contributed by atoms with E-state index in [1.807, 2.05) is 56.6 Å². The molecule has 5 rings (SSSR count). The monoisotopic (exact) mass is 473 g/mol. The number of hydrogen-bond acceptors (Lipinski definition) is 5. The second kappa shape index (κ2) is 8.68. The van der Waals surface area contributed by atoms with E-state index in [0.717, 1.165) is 29.0 Å². The first-order valence-electron chi connectivity index (χ1n) is 11.5. The first kappa shape index (κ1) is 22.3. The predicted molar refractivity (Wildman–Crippen MR) is 136 cm³/mol. The number of pyridine rings is 1. The van der Waals surface area contributed by atoms with Crippen LogP contribution in [0.4, 0.5) is 5.69 Å². The molecule has 174 valence electrons. The van der Waals surface area contributed by atoms with Gasteiger partial charge in [0.15, 0.2) is 5.65 Å². The van der Waals surface area contributed by atoms with Crippen molar-refractivity contribution in [3.8, 4) is 10.6 Å². The Balaban J connectivity index is 1.53. The summed E-state index contributed by atoms with van der Waals surface area (Å²) in [5.74, 6) is -0.369. The van der Waals surface area contributed by atoms with Crippen LogP contribution in [0.1, 0.15) is 63.9 Å². The van der Waals surface area contributed by atoms with E-state index in [-0.39, 0.29) is 23.9 Å². The number of rotatable bonds is 6. The number of hydrogen-bond donors (Lipinski definition) is 2. The minimum absolute atomic E-state index is 0.102. The van der Waals surface area contributed by atoms with Gasteiger partial charge in [-0.15, -0.1) is 11.3 Å². The van der Waals surface area contributed by atoms with E-state index in [1.54, 1.807) is 29.7 Å². The normalized spacial score (nSPS) is 13.4. The van der Waals surface area contributed by atoms with Gasteiger partial charge >= 0.3 is 0 Å². The van der Waals surface area contributed by atoms with Crippen LogP contribution in [0.2, 0.25) is 0 Å². The van der Waals surface area contributed by atoms with Crippen molar-refractivity contribution in [3.63, 3.8) is 0 Å². The average Bonchev–Trinajstić information content (AvgIpc) is 3.33. The number of amides is 2. The molecule has 1 aliphatic carbocycles. The lowest BCUT2D eigenvalue weighted by Gasteiger charge is -2.13. The number of fused-ring (bicyclic) bond motifs is 1. The molecule has 7 nitrogen and oxygen atoms in total. The maximum Gasteiger partial charge on any atom is 0.256 e. The Morgan fingerprint density at radius 1 is 1.09 bits per heavy atom. The van der Waals surface area contributed by atoms with Gasteiger partial charge in [-0.1, -0.05) is 6.07 Å². The van der Waals surface area contributed by atoms with Gasteiger partial charge in [-0.3, -0.25) is 9.59 Å². The highest BCUT2D eigenvalue weighted by Crippen LogP contribution is 2.31. The van der Waals surface area contributed by atoms with Gasteiger partial charge in [0, 0.05) is 28.2 Å². The second-order valence-corrected chi connectivity index (χ2v) is 10.4. The molecule has 0 spiro atoms. The number of aryl methyl sites for hydroxylation is 2. The van der Waals surface area contributed by atoms with Crippen molar-refractivity contribution in [2.45, 2.75) is 52.6 Å². The highest BCUT2D eigenvalue weighted by atomic mass is 32.1. The molecule has 1 saturated carbocycles. The van der Waals surface area contributed by atoms with Gasteiger partial charge in [0.1, 0.15) is 0 Å². The fourth-order valence-corrected chi connectivity index (χ4v) is 4.69. The zero-order valence-corrected chi connectivity index (χ0v) is 20.5. The molecule has 0 saturated heterocycles. The molecule has 2 amide bonds. The summed E-state index contributed by atoms with van der Waals surface area (Å²) in [5, 5.41) is 11.2. The second-order valence-electron chi connectivity index (χ2n) is 9.12. The highest BCUT2D eigenvalue weighted by Gasteiger charge is 2.24. The fraction of sp³-hybridized carbons (Fsp3) is 0.308. The fourth-order valence-electron chi connectivity index (χ4n) is 3.87. The topological polar surface area (TPSA) is 88.9 Å². The molecule has 1 fully saturated rings. The largest absolute Gasteiger partial charge is 0.349 e. The average molecular weight is 474 g/mol. The molecule has 3 aromatic heterocycles. The summed E-state index contributed by atoms with van der Waals surface area (Å²) in [5.41, 5.74) is 3.96. The number of carbonyl (C=O) groups is 2. The third-order valence-electron chi connectivity index (χ3n) is 5.95. The molecular formula is C26H27N5O2S. The number of benzene rings is 1. The SMILES string of the molecule is Cc1ccc(-c2cc(C(=O)Nc3cc(C(=O)NC4CC4)ccc3C)c3cnn(C(C)C)c3n2)s1. The predicted octanol–water partition coefficient (Wildman–Crippen LogP) is 5.50. The maximum atomic E-state index is 13.5. The van der Waals surface area contributed by atoms with Crippen LogP contribution in [0.5, 0.6) is 0 Å². The minimum Gasteiger partial charge on any atom is -0.349 e. The van der Waals surface area contributed by atoms with Gasteiger partial charge < -0.3 is 10.6 Å². The van der Waals surface area contributed by atoms with E-state index in [9.17, 15) is 9.59 Å². The van der Waals surface area contributed by atoms with Crippen LogP contribution in [-0.4, -0.2) is 32.6 Å². The highest BCUT2D eigenvalue weighted by molar-refractivity contribution is 7.15. The van der Waals surface area contributed by atoms with Crippen LogP contribution >= 0.6 is 11.3 Å². The van der Waals surface area contributed by atoms with Crippen molar-refractivity contribution in [1.82, 2.24) is 20.1 Å². The van der Waals surface area contributed by atoms with Crippen LogP contribution in [0.25, 0.3) is 21.6 Å². The molecule has 0 bridgehead atoms. The summed E-state index contributed by atoms with van der Waals surface area (Å²) in [4.78, 5) is 33.1. The van der Waals surface area contributed by atoms with Gasteiger partial charge in [-0.25, -0.2) is 9.67 Å². The zero-order valence-electron chi connectivity index (χ0n) is 19.7. The van der Waals surface area contributed by atoms with Crippen LogP contribution in [-0.2, 0) is 0 Å². The Hall–Kier alpha value is -3.52. The number of carbonyl (C=O) groups excluding carboxylic acids is 2. The Bertz CT molecular complexity index is 1410. The summed E-state index contributed by atoms with van der Waals surface area (Å²) in [6, 6.07) is 11.7. The summed E-state index contributed by atoms with van der Waals surface area (Å²) in [6.45, 7) is 8.04. The molecule has 34 heavy (non-hydrogen) atoms. The molecule has 1 aromatic carbocycles. The molecule has 8 heteroatoms. The number of anilines is 1. The molecule has 3 heterocycles. The van der Waals surface area contributed by atoms with Crippen molar-refractivity contribution in [1.29, 1.82) is 0 Å². The summed E-state index contributed by atoms with van der Waals surface area (Å²) in [6.07, 6.45) is 3.75. The summed E-state index contributed by atoms with van der Waals surface area (Å²) >= 11 is 1.64. The van der Waals surface area contributed by atoms with E-state index in [0.29, 0.717) is 27.8 Å². The molecule has 0 atom stereocenters. The van der Waals surface area contributed by atoms with Gasteiger partial charge in [0.05, 0.1) is 27.7 Å². The third kappa shape index (κ3) is 4.33. The first-order chi connectivity index (χ1) is 16.3. The van der Waals surface area contributed by atoms with Gasteiger partial charge in [-0.2, -0.15) is 5.10 Å². The Kier molecular flexibility index (Phi) is 5.69. The van der Waals surface area contributed by atoms with Crippen LogP contribution in [0.3, 0.4) is 0 Å². The maximum absolute atomic E-state index is 13.5. The van der Waals surface area contributed by atoms with Crippen molar-refractivity contribution < 1.29 is 9.59 Å². The van der Waals surface area contributed by atoms with Crippen molar-refractivity contribution in [2.75, 3.05) is 5.32 Å². The Morgan fingerprint density at radius 3 is 2.56 bits per heavy atom. The number of thiophene rings is 1. The van der Waals surface area contributed by atoms with Crippen LogP contribution in [0.15, 0.2) is 42.6 Å². The van der Waals surface area contributed by atoms with Crippen molar-refractivity contribution in [3.05, 3.63) is 64.2 Å². The Morgan fingerprint density at radius 2 is 1.88 bits per heavy atom. The zero-order chi connectivity index (χ0) is 24.0. The van der Waals surface area contributed by atoms with Gasteiger partial charge in [0.25, 0.3) is 11.8 Å². The molecule has 0 radical (unpaired) electrons. The molecule has 2 N–H and O–H groups in total. The molecular weight excluding hydrogens is 446 g/mol. The molecule has 1 aliphatic rings. The van der Waals surface area contributed by atoms with Crippen molar-refractivity contribution in [2.24, 2.45) is 0 Å². The minimum atomic E-state index is -0.256. The number of aromatic nitrogens is 3. The number of nitrogens with one attached hydrogen (secondary N) is 2. The summed E-state index contributed by atoms with van der Waals surface area (Å²) in [7, 11) is 0. The number of nitrogens with zero attached hydrogens (tertiary/aromatic N) is 3. The summed E-state index contributed by atoms with van der Waals surface area (Å²) < 4.78 is 1.84. The van der Waals surface area contributed by atoms with E-state index in [4.69, 9.17) is 4.98 Å². The van der Waals surface area contributed by atoms with E-state index < -0.39 is 0 Å². The Labute approximate surface area is 202 Å². The van der Waals surface area contributed by atoms with Gasteiger partial charge in [0.2, 0.25) is 0 Å². The van der Waals surface area contributed by atoms with Gasteiger partial charge in [-0.05, 0) is 76.4 Å². The van der Waals surface area contributed by atoms with E-state index in [1.165, 1.54) is 4.88 Å². The standard InChI is InChI=1S/C26H27N5O2S/c1-14(2)31-24-20(13-27-31)19(12-22(29-24)23-10-6-16(4)34-23)26(33)30-21-11-17(7-5-15(21)3)25(32)28-18-8-9-18/h5-7,10-14,18H,8-9H2,1-4H3,(H,28,32)(H,30,33). The lowest BCUT2D eigenvalue weighted by Crippen LogP contribution is -2.25. The van der Waals surface area contributed by atoms with E-state index >= 15 is 0 Å². The third-order valence-corrected chi connectivity index (χ3v) is 6.98. The van der Waals surface area contributed by atoms with Crippen molar-refractivity contribution >= 4 is 39.9 Å².